The van der Waals surface area contributed by atoms with Crippen LogP contribution in [0.4, 0.5) is 13.2 Å². The Morgan fingerprint density at radius 2 is 1.79 bits per heavy atom. The van der Waals surface area contributed by atoms with Gasteiger partial charge in [-0.2, -0.15) is 0 Å². The number of halogens is 4. The summed E-state index contributed by atoms with van der Waals surface area (Å²) in [4.78, 5) is 25.0. The molecule has 0 aliphatic heterocycles. The highest BCUT2D eigenvalue weighted by Gasteiger charge is 2.58. The molecule has 10 heteroatoms. The van der Waals surface area contributed by atoms with Crippen LogP contribution < -0.4 is 20.1 Å². The zero-order chi connectivity index (χ0) is 23.8. The van der Waals surface area contributed by atoms with E-state index in [1.54, 1.807) is 0 Å². The van der Waals surface area contributed by atoms with Gasteiger partial charge in [-0.1, -0.05) is 11.6 Å². The van der Waals surface area contributed by atoms with Crippen LogP contribution in [0.5, 0.6) is 11.5 Å². The van der Waals surface area contributed by atoms with Crippen molar-refractivity contribution in [3.63, 3.8) is 0 Å². The van der Waals surface area contributed by atoms with Crippen molar-refractivity contribution in [3.8, 4) is 11.5 Å². The minimum atomic E-state index is -0.838. The lowest BCUT2D eigenvalue weighted by Crippen LogP contribution is -2.53. The Morgan fingerprint density at radius 3 is 2.42 bits per heavy atom. The third kappa shape index (κ3) is 4.88. The van der Waals surface area contributed by atoms with Gasteiger partial charge in [0.25, 0.3) is 5.91 Å². The minimum absolute atomic E-state index is 0.0231. The Kier molecular flexibility index (Phi) is 6.43. The van der Waals surface area contributed by atoms with E-state index in [2.05, 4.69) is 15.4 Å². The van der Waals surface area contributed by atoms with Crippen molar-refractivity contribution in [2.24, 2.45) is 11.8 Å². The molecule has 3 aliphatic rings. The number of ether oxygens (including phenoxy) is 2. The highest BCUT2D eigenvalue weighted by Crippen LogP contribution is 2.55. The fourth-order valence-corrected chi connectivity index (χ4v) is 4.84. The fraction of sp³-hybridized carbons (Fsp3) is 0.391. The average Bonchev–Trinajstić information content (AvgIpc) is 3.28. The molecular formula is C23H22ClF3N2O4. The van der Waals surface area contributed by atoms with Crippen LogP contribution in [0.15, 0.2) is 30.3 Å². The summed E-state index contributed by atoms with van der Waals surface area (Å²) in [6.07, 6.45) is 1.80. The van der Waals surface area contributed by atoms with Gasteiger partial charge in [0.05, 0.1) is 12.1 Å². The molecule has 1 atom stereocenters. The van der Waals surface area contributed by atoms with Crippen LogP contribution in [0.25, 0.3) is 0 Å². The molecular weight excluding hydrogens is 461 g/mol. The molecule has 6 nitrogen and oxygen atoms in total. The van der Waals surface area contributed by atoms with Gasteiger partial charge in [-0.3, -0.25) is 9.59 Å². The van der Waals surface area contributed by atoms with Gasteiger partial charge < -0.3 is 20.1 Å². The van der Waals surface area contributed by atoms with Crippen molar-refractivity contribution >= 4 is 23.4 Å². The van der Waals surface area contributed by atoms with Crippen molar-refractivity contribution in [3.05, 3.63) is 58.4 Å². The number of hydrogen-bond donors (Lipinski definition) is 2. The third-order valence-corrected chi connectivity index (χ3v) is 6.52. The summed E-state index contributed by atoms with van der Waals surface area (Å²) in [6, 6.07) is 6.14. The maximum Gasteiger partial charge on any atom is 0.258 e. The largest absolute Gasteiger partial charge is 0.491 e. The molecule has 3 aliphatic carbocycles. The first-order valence-electron chi connectivity index (χ1n) is 10.4. The normalized spacial score (nSPS) is 22.9. The molecule has 3 saturated carbocycles. The van der Waals surface area contributed by atoms with E-state index >= 15 is 0 Å². The lowest BCUT2D eigenvalue weighted by molar-refractivity contribution is -0.126. The molecule has 33 heavy (non-hydrogen) atoms. The first-order valence-corrected chi connectivity index (χ1v) is 10.8. The number of carbonyl (C=O) groups excluding carboxylic acids is 2. The molecule has 2 bridgehead atoms. The zero-order valence-electron chi connectivity index (χ0n) is 17.7. The van der Waals surface area contributed by atoms with Crippen molar-refractivity contribution in [1.82, 2.24) is 10.6 Å². The van der Waals surface area contributed by atoms with E-state index < -0.39 is 28.7 Å². The number of hydrogen-bond acceptors (Lipinski definition) is 4. The van der Waals surface area contributed by atoms with Crippen LogP contribution in [-0.2, 0) is 16.1 Å². The number of benzene rings is 2. The molecule has 2 aromatic rings. The first kappa shape index (κ1) is 23.2. The quantitative estimate of drug-likeness (QED) is 0.601. The second-order valence-electron chi connectivity index (χ2n) is 8.48. The van der Waals surface area contributed by atoms with Crippen LogP contribution in [0, 0.1) is 29.3 Å². The molecule has 0 saturated heterocycles. The maximum atomic E-state index is 13.8. The van der Waals surface area contributed by atoms with Crippen LogP contribution in [0.3, 0.4) is 0 Å². The number of rotatable bonds is 8. The second kappa shape index (κ2) is 9.13. The Morgan fingerprint density at radius 1 is 1.09 bits per heavy atom. The molecule has 176 valence electrons. The molecule has 1 unspecified atom stereocenters. The summed E-state index contributed by atoms with van der Waals surface area (Å²) in [7, 11) is 1.17. The summed E-state index contributed by atoms with van der Waals surface area (Å²) in [5.41, 5.74) is -0.195. The van der Waals surface area contributed by atoms with Gasteiger partial charge in [0.2, 0.25) is 5.91 Å². The number of methoxy groups -OCH3 is 1. The Labute approximate surface area is 193 Å². The molecule has 0 spiro atoms. The Balaban J connectivity index is 1.26. The van der Waals surface area contributed by atoms with E-state index in [-0.39, 0.29) is 53.1 Å². The molecule has 0 heterocycles. The summed E-state index contributed by atoms with van der Waals surface area (Å²) in [5.74, 6) is -3.36. The summed E-state index contributed by atoms with van der Waals surface area (Å²) in [5, 5.41) is 5.61. The van der Waals surface area contributed by atoms with Gasteiger partial charge in [0.15, 0.2) is 24.0 Å². The van der Waals surface area contributed by atoms with Crippen LogP contribution in [-0.4, -0.2) is 31.1 Å². The molecule has 2 N–H and O–H groups in total. The van der Waals surface area contributed by atoms with Crippen molar-refractivity contribution in [2.75, 3.05) is 13.7 Å². The predicted octanol–water partition coefficient (Wildman–Crippen LogP) is 3.75. The summed E-state index contributed by atoms with van der Waals surface area (Å²) < 4.78 is 51.1. The number of carbonyl (C=O) groups is 2. The van der Waals surface area contributed by atoms with E-state index in [0.717, 1.165) is 18.2 Å². The van der Waals surface area contributed by atoms with Crippen molar-refractivity contribution in [2.45, 2.75) is 31.3 Å². The summed E-state index contributed by atoms with van der Waals surface area (Å²) in [6.45, 7) is -0.316. The highest BCUT2D eigenvalue weighted by molar-refractivity contribution is 6.30. The molecule has 2 aromatic carbocycles. The highest BCUT2D eigenvalue weighted by atomic mass is 35.5. The fourth-order valence-electron chi connectivity index (χ4n) is 4.72. The molecule has 0 radical (unpaired) electrons. The average molecular weight is 483 g/mol. The Hall–Kier alpha value is -2.94. The topological polar surface area (TPSA) is 76.7 Å². The van der Waals surface area contributed by atoms with Crippen molar-refractivity contribution in [1.29, 1.82) is 0 Å². The zero-order valence-corrected chi connectivity index (χ0v) is 18.5. The minimum Gasteiger partial charge on any atom is -0.491 e. The van der Waals surface area contributed by atoms with Crippen molar-refractivity contribution < 1.29 is 32.2 Å². The maximum absolute atomic E-state index is 13.8. The number of fused-ring (bicyclic) bond motifs is 1. The van der Waals surface area contributed by atoms with Gasteiger partial charge >= 0.3 is 0 Å². The van der Waals surface area contributed by atoms with E-state index in [4.69, 9.17) is 16.3 Å². The van der Waals surface area contributed by atoms with Crippen LogP contribution in [0.1, 0.15) is 24.8 Å². The van der Waals surface area contributed by atoms with Gasteiger partial charge in [-0.15, -0.1) is 0 Å². The monoisotopic (exact) mass is 482 g/mol. The molecule has 0 aromatic heterocycles. The smallest absolute Gasteiger partial charge is 0.258 e. The van der Waals surface area contributed by atoms with E-state index in [9.17, 15) is 22.8 Å². The van der Waals surface area contributed by atoms with E-state index in [0.29, 0.717) is 19.3 Å². The predicted molar refractivity (Wildman–Crippen MR) is 113 cm³/mol. The first-order chi connectivity index (χ1) is 15.7. The van der Waals surface area contributed by atoms with Crippen LogP contribution in [0.2, 0.25) is 5.02 Å². The van der Waals surface area contributed by atoms with Gasteiger partial charge in [0, 0.05) is 24.1 Å². The lowest BCUT2D eigenvalue weighted by atomic mass is 9.76. The molecule has 3 fully saturated rings. The number of amides is 2. The lowest BCUT2D eigenvalue weighted by Gasteiger charge is -2.39. The van der Waals surface area contributed by atoms with Gasteiger partial charge in [-0.25, -0.2) is 13.2 Å². The molecule has 5 rings (SSSR count). The Bertz CT molecular complexity index is 1070. The SMILES string of the molecule is COc1c(F)cc(CNC(=O)C2CC3(NC(=O)COc4ccc(Cl)c(F)c4)CC2C3)cc1F. The molecule has 2 amide bonds. The van der Waals surface area contributed by atoms with Gasteiger partial charge in [-0.05, 0) is 55.0 Å². The standard InChI is InChI=1S/C23H22ClF3N2O4/c1-32-21-18(26)4-12(5-19(21)27)10-28-22(31)15-9-23(7-13(15)8-23)29-20(30)11-33-14-2-3-16(24)17(25)6-14/h2-6,13,15H,7-11H2,1H3,(H,28,31)(H,29,30). The second-order valence-corrected chi connectivity index (χ2v) is 8.89. The van der Waals surface area contributed by atoms with Crippen LogP contribution >= 0.6 is 11.6 Å². The van der Waals surface area contributed by atoms with E-state index in [1.807, 2.05) is 0 Å². The number of nitrogens with one attached hydrogen (secondary N) is 2. The summed E-state index contributed by atoms with van der Waals surface area (Å²) >= 11 is 5.62. The van der Waals surface area contributed by atoms with Gasteiger partial charge in [0.1, 0.15) is 11.6 Å². The third-order valence-electron chi connectivity index (χ3n) is 6.22. The van der Waals surface area contributed by atoms with E-state index in [1.165, 1.54) is 19.2 Å².